The van der Waals surface area contributed by atoms with Gasteiger partial charge in [0, 0.05) is 0 Å². The van der Waals surface area contributed by atoms with Gasteiger partial charge >= 0.3 is 89.1 Å². The maximum Gasteiger partial charge on any atom is -0.0312 e. The topological polar surface area (TPSA) is 12.4 Å². The summed E-state index contributed by atoms with van der Waals surface area (Å²) in [5, 5.41) is 0. The van der Waals surface area contributed by atoms with E-state index in [9.17, 15) is 0 Å². The zero-order valence-corrected chi connectivity index (χ0v) is 16.0. The van der Waals surface area contributed by atoms with E-state index >= 15 is 0 Å². The predicted molar refractivity (Wildman–Crippen MR) is 90.2 cm³/mol. The average Bonchev–Trinajstić information content (AvgIpc) is 3.24. The second-order valence-corrected chi connectivity index (χ2v) is 6.38. The van der Waals surface area contributed by atoms with Crippen molar-refractivity contribution in [2.75, 3.05) is 0 Å². The first-order chi connectivity index (χ1) is 10.5. The zero-order chi connectivity index (χ0) is 16.3. The van der Waals surface area contributed by atoms with Gasteiger partial charge in [0.1, 0.15) is 0 Å². The fourth-order valence-corrected chi connectivity index (χ4v) is 2.04. The van der Waals surface area contributed by atoms with Crippen LogP contribution in [0.25, 0.3) is 0 Å². The fraction of sp³-hybridized carbons (Fsp3) is 0.200. The molecule has 1 nitrogen and oxygen atoms in total. The molecule has 3 rings (SSSR count). The Morgan fingerprint density at radius 3 is 1.18 bits per heavy atom. The van der Waals surface area contributed by atoms with Crippen LogP contribution in [0.3, 0.4) is 0 Å². The molecular formula is C20H23NZr. The molecule has 0 N–H and O–H groups in total. The largest absolute Gasteiger partial charge is 0.0312 e. The summed E-state index contributed by atoms with van der Waals surface area (Å²) in [6.45, 7) is 6.66. The summed E-state index contributed by atoms with van der Waals surface area (Å²) < 4.78 is 4.18. The Kier molecular flexibility index (Phi) is 10.4. The molecule has 0 bridgehead atoms. The molecule has 2 aliphatic carbocycles. The summed E-state index contributed by atoms with van der Waals surface area (Å²) >= 11 is 1.21. The van der Waals surface area contributed by atoms with Crippen LogP contribution in [-0.4, -0.2) is 0 Å². The molecule has 2 saturated carbocycles. The molecule has 10 radical (unpaired) electrons. The first-order valence-electron chi connectivity index (χ1n) is 7.35. The summed E-state index contributed by atoms with van der Waals surface area (Å²) in [5.74, 6) is 0. The summed E-state index contributed by atoms with van der Waals surface area (Å²) in [5.41, 5.74) is 2.70. The van der Waals surface area contributed by atoms with E-state index < -0.39 is 0 Å². The van der Waals surface area contributed by atoms with Gasteiger partial charge in [-0.1, -0.05) is 0 Å². The molecule has 112 valence electrons. The Bertz CT molecular complexity index is 369. The molecule has 0 aromatic heterocycles. The van der Waals surface area contributed by atoms with Crippen molar-refractivity contribution in [3.05, 3.63) is 94.0 Å². The zero-order valence-electron chi connectivity index (χ0n) is 13.5. The van der Waals surface area contributed by atoms with Crippen molar-refractivity contribution < 1.29 is 24.6 Å². The van der Waals surface area contributed by atoms with E-state index in [1.54, 1.807) is 0 Å². The van der Waals surface area contributed by atoms with Gasteiger partial charge in [0.2, 0.25) is 0 Å². The third-order valence-electron chi connectivity index (χ3n) is 2.97. The third kappa shape index (κ3) is 9.13. The molecule has 2 heteroatoms. The summed E-state index contributed by atoms with van der Waals surface area (Å²) in [4.78, 5) is 0. The third-order valence-corrected chi connectivity index (χ3v) is 3.61. The van der Waals surface area contributed by atoms with E-state index in [4.69, 9.17) is 0 Å². The monoisotopic (exact) mass is 367 g/mol. The number of hydrogen-bond acceptors (Lipinski definition) is 1. The van der Waals surface area contributed by atoms with Crippen molar-refractivity contribution in [2.45, 2.75) is 26.2 Å². The van der Waals surface area contributed by atoms with Crippen molar-refractivity contribution in [3.63, 3.8) is 0 Å². The first kappa shape index (κ1) is 19.9. The Labute approximate surface area is 153 Å². The van der Waals surface area contributed by atoms with Crippen LogP contribution in [0.15, 0.2) is 27.1 Å². The quantitative estimate of drug-likeness (QED) is 0.630. The van der Waals surface area contributed by atoms with Crippen molar-refractivity contribution >= 4 is 5.69 Å². The van der Waals surface area contributed by atoms with Gasteiger partial charge < -0.3 is 0 Å². The Morgan fingerprint density at radius 1 is 0.636 bits per heavy atom. The Balaban J connectivity index is 0.000000197. The minimum atomic E-state index is 0.250. The van der Waals surface area contributed by atoms with Gasteiger partial charge in [-0.15, -0.1) is 0 Å². The molecular weight excluding hydrogens is 345 g/mol. The van der Waals surface area contributed by atoms with Crippen LogP contribution in [0.2, 0.25) is 0 Å². The summed E-state index contributed by atoms with van der Waals surface area (Å²) in [7, 11) is 0. The van der Waals surface area contributed by atoms with Gasteiger partial charge in [-0.25, -0.2) is 0 Å². The van der Waals surface area contributed by atoms with E-state index in [-0.39, 0.29) is 5.41 Å². The number of nitrogens with zero attached hydrogens (tertiary/aromatic N) is 1. The fourth-order valence-electron chi connectivity index (χ4n) is 1.68. The van der Waals surface area contributed by atoms with E-state index in [1.165, 1.54) is 30.1 Å². The molecule has 2 aliphatic rings. The van der Waals surface area contributed by atoms with E-state index in [1.807, 2.05) is 64.2 Å². The first-order valence-corrected chi connectivity index (χ1v) is 8.45. The van der Waals surface area contributed by atoms with Crippen LogP contribution in [0.1, 0.15) is 26.3 Å². The van der Waals surface area contributed by atoms with Gasteiger partial charge in [-0.3, -0.25) is 0 Å². The van der Waals surface area contributed by atoms with Crippen LogP contribution in [0.4, 0.5) is 5.69 Å². The van der Waals surface area contributed by atoms with E-state index in [0.29, 0.717) is 0 Å². The molecule has 2 fully saturated rings. The van der Waals surface area contributed by atoms with Crippen molar-refractivity contribution in [1.82, 2.24) is 0 Å². The predicted octanol–water partition coefficient (Wildman–Crippen LogP) is 5.39. The summed E-state index contributed by atoms with van der Waals surface area (Å²) in [6.07, 6.45) is 20.0. The molecule has 0 saturated heterocycles. The molecule has 0 unspecified atom stereocenters. The maximum absolute atomic E-state index is 4.18. The average molecular weight is 369 g/mol. The Morgan fingerprint density at radius 2 is 0.955 bits per heavy atom. The molecule has 0 spiro atoms. The minimum absolute atomic E-state index is 0.250. The SMILES string of the molecule is CC(C)(C)c1ccc([N]=[Zr])cc1.[CH]1[CH][CH][CH][CH]1.[CH]1[CH][CH][CH][CH]1. The van der Waals surface area contributed by atoms with Gasteiger partial charge in [0.25, 0.3) is 0 Å². The molecule has 0 amide bonds. The van der Waals surface area contributed by atoms with Crippen molar-refractivity contribution in [3.8, 4) is 0 Å². The van der Waals surface area contributed by atoms with Crippen LogP contribution >= 0.6 is 0 Å². The number of benzene rings is 1. The molecule has 0 heterocycles. The number of hydrogen-bond donors (Lipinski definition) is 0. The normalized spacial score (nSPS) is 17.0. The van der Waals surface area contributed by atoms with Gasteiger partial charge in [0.05, 0.1) is 0 Å². The van der Waals surface area contributed by atoms with Crippen LogP contribution in [-0.2, 0) is 30.0 Å². The van der Waals surface area contributed by atoms with Gasteiger partial charge in [-0.2, -0.15) is 0 Å². The van der Waals surface area contributed by atoms with Crippen LogP contribution < -0.4 is 0 Å². The second-order valence-electron chi connectivity index (χ2n) is 5.83. The minimum Gasteiger partial charge on any atom is -0.0312 e. The van der Waals surface area contributed by atoms with Crippen molar-refractivity contribution in [2.24, 2.45) is 2.87 Å². The van der Waals surface area contributed by atoms with E-state index in [2.05, 4.69) is 47.9 Å². The summed E-state index contributed by atoms with van der Waals surface area (Å²) in [6, 6.07) is 8.47. The Hall–Kier alpha value is -0.0969. The van der Waals surface area contributed by atoms with Crippen molar-refractivity contribution in [1.29, 1.82) is 0 Å². The molecule has 1 aromatic rings. The van der Waals surface area contributed by atoms with Gasteiger partial charge in [0.15, 0.2) is 0 Å². The second kappa shape index (κ2) is 11.4. The van der Waals surface area contributed by atoms with Crippen LogP contribution in [0.5, 0.6) is 0 Å². The smallest absolute Gasteiger partial charge is 0.0312 e. The van der Waals surface area contributed by atoms with E-state index in [0.717, 1.165) is 5.69 Å². The maximum atomic E-state index is 4.18. The molecule has 22 heavy (non-hydrogen) atoms. The van der Waals surface area contributed by atoms with Gasteiger partial charge in [-0.05, 0) is 64.2 Å². The standard InChI is InChI=1S/C10H13N.2C5H5.Zr/c1-10(2,3)8-4-6-9(11)7-5-8;2*1-2-4-5-3-1;/h4-7H,1-3H3;2*1-5H;. The van der Waals surface area contributed by atoms with Crippen LogP contribution in [0, 0.1) is 64.2 Å². The molecule has 0 atom stereocenters. The number of rotatable bonds is 1. The molecule has 1 aromatic carbocycles. The molecule has 0 aliphatic heterocycles.